The number of ketones is 1. The molecular formula is C54H24BF20OP. The van der Waals surface area contributed by atoms with Gasteiger partial charge in [0.2, 0.25) is 5.78 Å². The first-order valence-electron chi connectivity index (χ1n) is 21.8. The molecule has 0 unspecified atom stereocenters. The van der Waals surface area contributed by atoms with Gasteiger partial charge in [-0.1, -0.05) is 103 Å². The lowest BCUT2D eigenvalue weighted by molar-refractivity contribution is 0.102. The fraction of sp³-hybridized carbons (Fsp3) is 0.0185. The van der Waals surface area contributed by atoms with Gasteiger partial charge in [-0.3, -0.25) is 4.79 Å². The van der Waals surface area contributed by atoms with Crippen LogP contribution in [0.4, 0.5) is 87.8 Å². The number of hydrogen-bond acceptors (Lipinski definition) is 1. The minimum Gasteiger partial charge on any atom is -0.290 e. The Morgan fingerprint density at radius 2 is 0.558 bits per heavy atom. The second-order valence-electron chi connectivity index (χ2n) is 16.7. The summed E-state index contributed by atoms with van der Waals surface area (Å²) < 4.78 is 294. The number of carbonyl (C=O) groups excluding carboxylic acids is 1. The van der Waals surface area contributed by atoms with E-state index in [9.17, 15) is 57.5 Å². The summed E-state index contributed by atoms with van der Waals surface area (Å²) >= 11 is 0. The van der Waals surface area contributed by atoms with Crippen LogP contribution in [0.5, 0.6) is 0 Å². The van der Waals surface area contributed by atoms with Crippen molar-refractivity contribution in [1.29, 1.82) is 0 Å². The van der Waals surface area contributed by atoms with Gasteiger partial charge in [0.05, 0.1) is 0 Å². The van der Waals surface area contributed by atoms with Crippen LogP contribution in [0.2, 0.25) is 0 Å². The highest BCUT2D eigenvalue weighted by molar-refractivity contribution is 7.96. The largest absolute Gasteiger partial charge is 0.290 e. The van der Waals surface area contributed by atoms with Crippen LogP contribution < -0.4 is 37.8 Å². The summed E-state index contributed by atoms with van der Waals surface area (Å²) in [5.41, 5.74) is -13.6. The fourth-order valence-corrected chi connectivity index (χ4v) is 13.7. The lowest BCUT2D eigenvalue weighted by atomic mass is 9.12. The molecule has 0 N–H and O–H groups in total. The Labute approximate surface area is 420 Å². The van der Waals surface area contributed by atoms with Crippen LogP contribution in [0.25, 0.3) is 10.8 Å². The predicted octanol–water partition coefficient (Wildman–Crippen LogP) is 11.9. The van der Waals surface area contributed by atoms with E-state index >= 15 is 35.1 Å². The van der Waals surface area contributed by atoms with Crippen LogP contribution in [-0.4, -0.2) is 18.1 Å². The van der Waals surface area contributed by atoms with Crippen LogP contribution >= 0.6 is 7.26 Å². The van der Waals surface area contributed by atoms with Gasteiger partial charge in [0, 0.05) is 10.9 Å². The Morgan fingerprint density at radius 3 is 0.883 bits per heavy atom. The number of rotatable bonds is 10. The Balaban J connectivity index is 0.000000215. The maximum absolute atomic E-state index is 15.4. The van der Waals surface area contributed by atoms with E-state index in [1.54, 1.807) is 0 Å². The zero-order chi connectivity index (χ0) is 56.2. The van der Waals surface area contributed by atoms with E-state index in [-0.39, 0.29) is 5.78 Å². The van der Waals surface area contributed by atoms with Gasteiger partial charge in [0.15, 0.2) is 69.8 Å². The third kappa shape index (κ3) is 8.75. The van der Waals surface area contributed by atoms with Gasteiger partial charge < -0.3 is 0 Å². The summed E-state index contributed by atoms with van der Waals surface area (Å²) in [5, 5.41) is 6.14. The molecule has 0 aliphatic heterocycles. The van der Waals surface area contributed by atoms with Gasteiger partial charge in [-0.15, -0.1) is 21.9 Å². The van der Waals surface area contributed by atoms with Crippen molar-refractivity contribution in [2.75, 3.05) is 6.16 Å². The number of halogens is 20. The van der Waals surface area contributed by atoms with Crippen molar-refractivity contribution in [2.45, 2.75) is 0 Å². The zero-order valence-corrected chi connectivity index (χ0v) is 38.8. The van der Waals surface area contributed by atoms with Crippen molar-refractivity contribution in [2.24, 2.45) is 0 Å². The van der Waals surface area contributed by atoms with E-state index < -0.39 is 152 Å². The molecular weight excluding hydrogens is 1090 g/mol. The summed E-state index contributed by atoms with van der Waals surface area (Å²) in [7, 11) is -2.27. The topological polar surface area (TPSA) is 17.1 Å². The number of hydrogen-bond donors (Lipinski definition) is 0. The van der Waals surface area contributed by atoms with E-state index in [1.807, 2.05) is 42.5 Å². The molecule has 394 valence electrons. The Morgan fingerprint density at radius 1 is 0.299 bits per heavy atom. The highest BCUT2D eigenvalue weighted by Gasteiger charge is 2.53. The average Bonchev–Trinajstić information content (AvgIpc) is 3.48. The molecule has 0 heterocycles. The third-order valence-electron chi connectivity index (χ3n) is 12.8. The second-order valence-corrected chi connectivity index (χ2v) is 20.2. The van der Waals surface area contributed by atoms with Crippen LogP contribution in [0.3, 0.4) is 0 Å². The first-order valence-corrected chi connectivity index (χ1v) is 23.8. The lowest BCUT2D eigenvalue weighted by Gasteiger charge is -2.44. The van der Waals surface area contributed by atoms with Crippen molar-refractivity contribution in [3.8, 4) is 0 Å². The molecule has 1 nitrogen and oxygen atoms in total. The monoisotopic (exact) mass is 1110 g/mol. The quantitative estimate of drug-likeness (QED) is 0.0333. The van der Waals surface area contributed by atoms with Gasteiger partial charge in [-0.25, -0.2) is 87.8 Å². The highest BCUT2D eigenvalue weighted by atomic mass is 31.2. The molecule has 0 aliphatic rings. The van der Waals surface area contributed by atoms with Crippen LogP contribution in [-0.2, 0) is 0 Å². The van der Waals surface area contributed by atoms with Crippen molar-refractivity contribution in [3.05, 3.63) is 255 Å². The molecule has 0 fully saturated rings. The SMILES string of the molecule is Fc1c(F)c(F)c([B-](c2c(F)c(F)c(F)c(F)c2F)(c2c(F)c(F)c(F)c(F)c2F)c2c(F)c(F)c(F)c(F)c2F)c(F)c1F.O=C(C[P+](c1ccccc1)(c1ccccc1)c1cccc2ccccc12)c1ccccc1. The second kappa shape index (κ2) is 21.2. The molecule has 9 rings (SSSR count). The summed E-state index contributed by atoms with van der Waals surface area (Å²) in [4.78, 5) is 13.7. The van der Waals surface area contributed by atoms with Crippen molar-refractivity contribution in [1.82, 2.24) is 0 Å². The Hall–Kier alpha value is -8.00. The van der Waals surface area contributed by atoms with Crippen LogP contribution in [0.1, 0.15) is 10.4 Å². The van der Waals surface area contributed by atoms with E-state index in [0.717, 1.165) is 5.56 Å². The minimum atomic E-state index is -7.22. The fourth-order valence-electron chi connectivity index (χ4n) is 9.41. The first kappa shape index (κ1) is 55.2. The smallest absolute Gasteiger partial charge is 0.201 e. The van der Waals surface area contributed by atoms with Crippen LogP contribution in [0, 0.1) is 116 Å². The molecule has 0 atom stereocenters. The molecule has 0 spiro atoms. The number of Topliss-reactive ketones (excluding diaryl/α,β-unsaturated/α-hetero) is 1. The molecule has 9 aromatic rings. The standard InChI is InChI=1S/C30H24OP.C24BF20/c31-29(25-14-4-1-5-15-25)23-32(26-17-6-2-7-18-26,27-19-8-3-9-20-27)30-22-12-16-24-13-10-11-21-28(24)30;26-5-1(6(27)14(35)21(42)13(5)34)25(2-7(28)15(36)22(43)16(37)8(2)29,3-9(30)17(38)23(44)18(39)10(3)31)4-11(32)19(40)24(45)20(41)12(4)33/h1-22H,23H2;/q+1;-1. The zero-order valence-electron chi connectivity index (χ0n) is 37.9. The minimum absolute atomic E-state index is 0.180. The molecule has 0 radical (unpaired) electrons. The van der Waals surface area contributed by atoms with Crippen molar-refractivity contribution < 1.29 is 92.6 Å². The average molecular weight is 1110 g/mol. The van der Waals surface area contributed by atoms with Crippen molar-refractivity contribution in [3.63, 3.8) is 0 Å². The summed E-state index contributed by atoms with van der Waals surface area (Å²) in [6, 6.07) is 46.0. The summed E-state index contributed by atoms with van der Waals surface area (Å²) in [5.74, 6) is -71.2. The molecule has 0 aliphatic carbocycles. The molecule has 9 aromatic carbocycles. The van der Waals surface area contributed by atoms with Gasteiger partial charge >= 0.3 is 0 Å². The third-order valence-corrected chi connectivity index (χ3v) is 17.1. The molecule has 77 heavy (non-hydrogen) atoms. The maximum atomic E-state index is 15.4. The van der Waals surface area contributed by atoms with E-state index in [2.05, 4.69) is 91.0 Å². The van der Waals surface area contributed by atoms with E-state index in [4.69, 9.17) is 0 Å². The number of fused-ring (bicyclic) bond motifs is 1. The molecule has 0 amide bonds. The molecule has 0 saturated carbocycles. The highest BCUT2D eigenvalue weighted by Crippen LogP contribution is 2.57. The van der Waals surface area contributed by atoms with Gasteiger partial charge in [-0.2, -0.15) is 0 Å². The predicted molar refractivity (Wildman–Crippen MR) is 248 cm³/mol. The summed E-state index contributed by atoms with van der Waals surface area (Å²) in [6.07, 6.45) is -6.76. The Kier molecular flexibility index (Phi) is 15.2. The number of benzene rings is 9. The van der Waals surface area contributed by atoms with Gasteiger partial charge in [0.25, 0.3) is 0 Å². The van der Waals surface area contributed by atoms with Crippen LogP contribution in [0.15, 0.2) is 133 Å². The normalized spacial score (nSPS) is 11.7. The first-order chi connectivity index (χ1) is 36.5. The molecule has 0 saturated heterocycles. The Bertz CT molecular complexity index is 3380. The maximum Gasteiger partial charge on any atom is 0.201 e. The molecule has 0 aromatic heterocycles. The molecule has 0 bridgehead atoms. The van der Waals surface area contributed by atoms with Gasteiger partial charge in [-0.05, 0) is 35.7 Å². The summed E-state index contributed by atoms with van der Waals surface area (Å²) in [6.45, 7) is 0. The molecule has 23 heteroatoms. The number of carbonyl (C=O) groups is 1. The van der Waals surface area contributed by atoms with E-state index in [0.29, 0.717) is 6.16 Å². The lowest BCUT2D eigenvalue weighted by Crippen LogP contribution is -2.81. The van der Waals surface area contributed by atoms with E-state index in [1.165, 1.54) is 26.7 Å². The van der Waals surface area contributed by atoms with Gasteiger partial charge in [0.1, 0.15) is 82.0 Å². The van der Waals surface area contributed by atoms with Crippen molar-refractivity contribution >= 4 is 67.7 Å².